The van der Waals surface area contributed by atoms with Gasteiger partial charge in [-0.2, -0.15) is 13.2 Å². The van der Waals surface area contributed by atoms with E-state index in [-0.39, 0.29) is 25.4 Å². The second-order valence-corrected chi connectivity index (χ2v) is 5.05. The summed E-state index contributed by atoms with van der Waals surface area (Å²) in [6, 6.07) is 7.79. The van der Waals surface area contributed by atoms with Gasteiger partial charge in [0.1, 0.15) is 6.04 Å². The van der Waals surface area contributed by atoms with Crippen molar-refractivity contribution in [2.75, 3.05) is 13.1 Å². The third-order valence-electron chi connectivity index (χ3n) is 3.62. The first kappa shape index (κ1) is 17.8. The molecule has 2 unspecified atom stereocenters. The van der Waals surface area contributed by atoms with E-state index in [0.717, 1.165) is 0 Å². The number of amides is 1. The van der Waals surface area contributed by atoms with Crippen LogP contribution >= 0.6 is 12.4 Å². The van der Waals surface area contributed by atoms with Crippen molar-refractivity contribution in [1.82, 2.24) is 4.90 Å². The van der Waals surface area contributed by atoms with Gasteiger partial charge in [-0.25, -0.2) is 0 Å². The van der Waals surface area contributed by atoms with Crippen molar-refractivity contribution in [3.05, 3.63) is 35.9 Å². The Morgan fingerprint density at radius 1 is 1.29 bits per heavy atom. The van der Waals surface area contributed by atoms with Crippen molar-refractivity contribution in [2.45, 2.75) is 25.1 Å². The average Bonchev–Trinajstić information content (AvgIpc) is 2.46. The summed E-state index contributed by atoms with van der Waals surface area (Å²) >= 11 is 0. The van der Waals surface area contributed by atoms with Gasteiger partial charge in [0.15, 0.2) is 0 Å². The molecule has 118 valence electrons. The highest BCUT2D eigenvalue weighted by Gasteiger charge is 2.43. The molecule has 0 aliphatic carbocycles. The first-order valence-corrected chi connectivity index (χ1v) is 6.55. The molecule has 21 heavy (non-hydrogen) atoms. The maximum atomic E-state index is 12.7. The number of nitrogens with zero attached hydrogens (tertiary/aromatic N) is 1. The van der Waals surface area contributed by atoms with Crippen LogP contribution in [-0.4, -0.2) is 30.1 Å². The number of benzene rings is 1. The minimum Gasteiger partial charge on any atom is -0.340 e. The van der Waals surface area contributed by atoms with Crippen molar-refractivity contribution in [1.29, 1.82) is 0 Å². The normalized spacial score (nSPS) is 20.6. The second kappa shape index (κ2) is 7.13. The van der Waals surface area contributed by atoms with Crippen LogP contribution in [-0.2, 0) is 4.79 Å². The zero-order chi connectivity index (χ0) is 14.8. The van der Waals surface area contributed by atoms with Gasteiger partial charge in [-0.15, -0.1) is 12.4 Å². The molecule has 0 bridgehead atoms. The molecule has 1 fully saturated rings. The molecule has 3 nitrogen and oxygen atoms in total. The number of hydrogen-bond acceptors (Lipinski definition) is 2. The Bertz CT molecular complexity index is 467. The highest BCUT2D eigenvalue weighted by Crippen LogP contribution is 2.33. The number of carbonyl (C=O) groups is 1. The van der Waals surface area contributed by atoms with Crippen molar-refractivity contribution in [3.8, 4) is 0 Å². The molecule has 1 aromatic rings. The average molecular weight is 323 g/mol. The van der Waals surface area contributed by atoms with E-state index in [2.05, 4.69) is 0 Å². The highest BCUT2D eigenvalue weighted by atomic mass is 35.5. The third kappa shape index (κ3) is 4.35. The molecule has 1 amide bonds. The topological polar surface area (TPSA) is 46.3 Å². The summed E-state index contributed by atoms with van der Waals surface area (Å²) in [5.41, 5.74) is 6.47. The molecule has 1 saturated heterocycles. The maximum Gasteiger partial charge on any atom is 0.393 e. The Kier molecular flexibility index (Phi) is 6.04. The van der Waals surface area contributed by atoms with Gasteiger partial charge in [-0.05, 0) is 18.4 Å². The number of carbonyl (C=O) groups excluding carboxylic acids is 1. The van der Waals surface area contributed by atoms with Crippen LogP contribution in [0, 0.1) is 5.92 Å². The summed E-state index contributed by atoms with van der Waals surface area (Å²) in [7, 11) is 0. The SMILES string of the molecule is Cl.NC(C(=O)N1CCCC(C(F)(F)F)C1)c1ccccc1. The maximum absolute atomic E-state index is 12.7. The lowest BCUT2D eigenvalue weighted by Crippen LogP contribution is -2.47. The lowest BCUT2D eigenvalue weighted by atomic mass is 9.96. The number of hydrogen-bond donors (Lipinski definition) is 1. The van der Waals surface area contributed by atoms with E-state index in [1.54, 1.807) is 30.3 Å². The van der Waals surface area contributed by atoms with Gasteiger partial charge >= 0.3 is 6.18 Å². The Balaban J connectivity index is 0.00000220. The zero-order valence-electron chi connectivity index (χ0n) is 11.3. The Morgan fingerprint density at radius 3 is 2.48 bits per heavy atom. The molecule has 0 saturated carbocycles. The number of halogens is 4. The summed E-state index contributed by atoms with van der Waals surface area (Å²) in [6.45, 7) is 0.0504. The van der Waals surface area contributed by atoms with Crippen molar-refractivity contribution in [2.24, 2.45) is 11.7 Å². The summed E-state index contributed by atoms with van der Waals surface area (Å²) in [5.74, 6) is -1.88. The molecule has 7 heteroatoms. The molecular weight excluding hydrogens is 305 g/mol. The van der Waals surface area contributed by atoms with Crippen LogP contribution in [0.5, 0.6) is 0 Å². The fraction of sp³-hybridized carbons (Fsp3) is 0.500. The third-order valence-corrected chi connectivity index (χ3v) is 3.62. The number of nitrogens with two attached hydrogens (primary N) is 1. The van der Waals surface area contributed by atoms with Crippen molar-refractivity contribution >= 4 is 18.3 Å². The summed E-state index contributed by atoms with van der Waals surface area (Å²) < 4.78 is 38.2. The molecule has 0 radical (unpaired) electrons. The molecule has 1 aromatic carbocycles. The second-order valence-electron chi connectivity index (χ2n) is 5.05. The van der Waals surface area contributed by atoms with Gasteiger partial charge in [-0.3, -0.25) is 4.79 Å². The predicted octanol–water partition coefficient (Wildman–Crippen LogP) is 2.91. The van der Waals surface area contributed by atoms with Gasteiger partial charge in [0.25, 0.3) is 0 Å². The Morgan fingerprint density at radius 2 is 1.90 bits per heavy atom. The minimum atomic E-state index is -4.25. The molecule has 0 aromatic heterocycles. The van der Waals surface area contributed by atoms with Crippen molar-refractivity contribution < 1.29 is 18.0 Å². The highest BCUT2D eigenvalue weighted by molar-refractivity contribution is 5.85. The standard InChI is InChI=1S/C14H17F3N2O.ClH/c15-14(16,17)11-7-4-8-19(9-11)13(20)12(18)10-5-2-1-3-6-10;/h1-3,5-6,11-12H,4,7-9,18H2;1H. The summed E-state index contributed by atoms with van der Waals surface area (Å²) in [4.78, 5) is 13.4. The predicted molar refractivity (Wildman–Crippen MR) is 76.0 cm³/mol. The van der Waals surface area contributed by atoms with Gasteiger partial charge in [0.05, 0.1) is 5.92 Å². The number of likely N-dealkylation sites (tertiary alicyclic amines) is 1. The largest absolute Gasteiger partial charge is 0.393 e. The molecule has 0 spiro atoms. The van der Waals surface area contributed by atoms with E-state index < -0.39 is 24.0 Å². The molecule has 2 rings (SSSR count). The molecule has 1 aliphatic heterocycles. The van der Waals surface area contributed by atoms with E-state index in [0.29, 0.717) is 18.5 Å². The van der Waals surface area contributed by atoms with E-state index in [9.17, 15) is 18.0 Å². The fourth-order valence-electron chi connectivity index (χ4n) is 2.44. The summed E-state index contributed by atoms with van der Waals surface area (Å²) in [5, 5.41) is 0. The van der Waals surface area contributed by atoms with Gasteiger partial charge in [0, 0.05) is 13.1 Å². The fourth-order valence-corrected chi connectivity index (χ4v) is 2.44. The van der Waals surface area contributed by atoms with E-state index in [1.165, 1.54) is 4.90 Å². The van der Waals surface area contributed by atoms with Gasteiger partial charge in [-0.1, -0.05) is 30.3 Å². The molecular formula is C14H18ClF3N2O. The summed E-state index contributed by atoms with van der Waals surface area (Å²) in [6.07, 6.45) is -3.82. The molecule has 1 heterocycles. The van der Waals surface area contributed by atoms with Gasteiger partial charge in [0.2, 0.25) is 5.91 Å². The van der Waals surface area contributed by atoms with Crippen molar-refractivity contribution in [3.63, 3.8) is 0 Å². The Labute approximate surface area is 127 Å². The van der Waals surface area contributed by atoms with E-state index in [1.807, 2.05) is 0 Å². The lowest BCUT2D eigenvalue weighted by Gasteiger charge is -2.35. The van der Waals surface area contributed by atoms with Crippen LogP contribution in [0.2, 0.25) is 0 Å². The van der Waals surface area contributed by atoms with Crippen LogP contribution < -0.4 is 5.73 Å². The quantitative estimate of drug-likeness (QED) is 0.910. The monoisotopic (exact) mass is 322 g/mol. The van der Waals surface area contributed by atoms with Gasteiger partial charge < -0.3 is 10.6 Å². The smallest absolute Gasteiger partial charge is 0.340 e. The van der Waals surface area contributed by atoms with E-state index in [4.69, 9.17) is 5.73 Å². The van der Waals surface area contributed by atoms with E-state index >= 15 is 0 Å². The minimum absolute atomic E-state index is 0. The van der Waals surface area contributed by atoms with Crippen LogP contribution in [0.3, 0.4) is 0 Å². The number of piperidine rings is 1. The molecule has 2 atom stereocenters. The lowest BCUT2D eigenvalue weighted by molar-refractivity contribution is -0.188. The first-order valence-electron chi connectivity index (χ1n) is 6.55. The molecule has 2 N–H and O–H groups in total. The molecule has 1 aliphatic rings. The number of rotatable bonds is 2. The van der Waals surface area contributed by atoms with Crippen LogP contribution in [0.25, 0.3) is 0 Å². The first-order chi connectivity index (χ1) is 9.39. The zero-order valence-corrected chi connectivity index (χ0v) is 12.2. The number of alkyl halides is 3. The van der Waals surface area contributed by atoms with Crippen LogP contribution in [0.4, 0.5) is 13.2 Å². The van der Waals surface area contributed by atoms with Crippen LogP contribution in [0.1, 0.15) is 24.4 Å². The van der Waals surface area contributed by atoms with Crippen LogP contribution in [0.15, 0.2) is 30.3 Å². The Hall–Kier alpha value is -1.27.